The van der Waals surface area contributed by atoms with Gasteiger partial charge in [-0.1, -0.05) is 36.1 Å². The molecule has 4 nitrogen and oxygen atoms in total. The van der Waals surface area contributed by atoms with Crippen molar-refractivity contribution in [3.8, 4) is 0 Å². The molecule has 2 aliphatic rings. The molecular weight excluding hydrogens is 397 g/mol. The van der Waals surface area contributed by atoms with Crippen molar-refractivity contribution in [1.82, 2.24) is 9.80 Å². The highest BCUT2D eigenvalue weighted by Crippen LogP contribution is 2.33. The molecule has 9 heteroatoms. The van der Waals surface area contributed by atoms with Gasteiger partial charge in [-0.2, -0.15) is 13.2 Å². The van der Waals surface area contributed by atoms with E-state index in [4.69, 9.17) is 17.0 Å². The Morgan fingerprint density at radius 2 is 1.81 bits per heavy atom. The normalized spacial score (nSPS) is 20.7. The van der Waals surface area contributed by atoms with Crippen LogP contribution in [0.4, 0.5) is 13.2 Å². The summed E-state index contributed by atoms with van der Waals surface area (Å²) in [5.74, 6) is -0.188. The molecule has 0 aliphatic carbocycles. The fraction of sp³-hybridized carbons (Fsp3) is 0.444. The smallest absolute Gasteiger partial charge is 0.379 e. The van der Waals surface area contributed by atoms with Crippen LogP contribution in [0, 0.1) is 0 Å². The number of amides is 1. The van der Waals surface area contributed by atoms with E-state index in [0.29, 0.717) is 21.3 Å². The first-order valence-electron chi connectivity index (χ1n) is 8.57. The summed E-state index contributed by atoms with van der Waals surface area (Å²) in [5.41, 5.74) is -0.174. The minimum Gasteiger partial charge on any atom is -0.379 e. The van der Waals surface area contributed by atoms with Crippen molar-refractivity contribution in [3.05, 3.63) is 40.3 Å². The lowest BCUT2D eigenvalue weighted by atomic mass is 10.1. The highest BCUT2D eigenvalue weighted by atomic mass is 32.2. The largest absolute Gasteiger partial charge is 0.416 e. The Balaban J connectivity index is 1.58. The Kier molecular flexibility index (Phi) is 6.56. The molecule has 0 N–H and O–H groups in total. The zero-order valence-corrected chi connectivity index (χ0v) is 16.1. The molecule has 0 unspecified atom stereocenters. The van der Waals surface area contributed by atoms with E-state index in [0.717, 1.165) is 51.4 Å². The lowest BCUT2D eigenvalue weighted by molar-refractivity contribution is -0.137. The van der Waals surface area contributed by atoms with Gasteiger partial charge in [0.25, 0.3) is 5.91 Å². The highest BCUT2D eigenvalue weighted by molar-refractivity contribution is 8.26. The van der Waals surface area contributed by atoms with Crippen molar-refractivity contribution < 1.29 is 22.7 Å². The van der Waals surface area contributed by atoms with E-state index in [-0.39, 0.29) is 5.91 Å². The van der Waals surface area contributed by atoms with Crippen LogP contribution in [0.3, 0.4) is 0 Å². The molecule has 0 aromatic heterocycles. The van der Waals surface area contributed by atoms with Crippen LogP contribution in [0.15, 0.2) is 29.2 Å². The van der Waals surface area contributed by atoms with Crippen molar-refractivity contribution in [3.63, 3.8) is 0 Å². The number of halogens is 3. The van der Waals surface area contributed by atoms with Gasteiger partial charge in [-0.15, -0.1) is 0 Å². The Morgan fingerprint density at radius 1 is 1.15 bits per heavy atom. The Morgan fingerprint density at radius 3 is 2.44 bits per heavy atom. The molecule has 2 heterocycles. The first kappa shape index (κ1) is 20.3. The fourth-order valence-electron chi connectivity index (χ4n) is 2.89. The number of thiocarbonyl (C=S) groups is 1. The van der Waals surface area contributed by atoms with Gasteiger partial charge in [0.05, 0.1) is 23.7 Å². The van der Waals surface area contributed by atoms with Crippen LogP contribution in [-0.2, 0) is 15.7 Å². The average molecular weight is 416 g/mol. The number of thioether (sulfide) groups is 1. The number of carbonyl (C=O) groups excluding carboxylic acids is 1. The molecule has 0 atom stereocenters. The molecule has 0 bridgehead atoms. The number of carbonyl (C=O) groups is 1. The summed E-state index contributed by atoms with van der Waals surface area (Å²) < 4.78 is 43.7. The third-order valence-corrected chi connectivity index (χ3v) is 5.75. The van der Waals surface area contributed by atoms with Gasteiger partial charge in [-0.05, 0) is 30.2 Å². The summed E-state index contributed by atoms with van der Waals surface area (Å²) in [6, 6.07) is 4.73. The maximum absolute atomic E-state index is 12.6. The minimum absolute atomic E-state index is 0.188. The number of nitrogens with zero attached hydrogens (tertiary/aromatic N) is 2. The first-order valence-corrected chi connectivity index (χ1v) is 9.80. The van der Waals surface area contributed by atoms with E-state index in [1.165, 1.54) is 23.9 Å². The lowest BCUT2D eigenvalue weighted by Gasteiger charge is -2.27. The molecule has 1 aromatic carbocycles. The predicted molar refractivity (Wildman–Crippen MR) is 103 cm³/mol. The van der Waals surface area contributed by atoms with Crippen molar-refractivity contribution in [1.29, 1.82) is 0 Å². The zero-order valence-electron chi connectivity index (χ0n) is 14.5. The maximum Gasteiger partial charge on any atom is 0.416 e. The average Bonchev–Trinajstić information content (AvgIpc) is 2.90. The molecule has 2 fully saturated rings. The molecule has 0 saturated carbocycles. The van der Waals surface area contributed by atoms with Crippen molar-refractivity contribution >= 4 is 40.3 Å². The van der Waals surface area contributed by atoms with Crippen LogP contribution in [0.1, 0.15) is 17.5 Å². The topological polar surface area (TPSA) is 32.8 Å². The van der Waals surface area contributed by atoms with Gasteiger partial charge in [0, 0.05) is 26.2 Å². The third kappa shape index (κ3) is 5.31. The number of morpholine rings is 1. The van der Waals surface area contributed by atoms with Crippen molar-refractivity contribution in [2.45, 2.75) is 12.6 Å². The zero-order chi connectivity index (χ0) is 19.4. The van der Waals surface area contributed by atoms with Gasteiger partial charge in [0.2, 0.25) is 0 Å². The van der Waals surface area contributed by atoms with Crippen LogP contribution < -0.4 is 0 Å². The number of alkyl halides is 3. The van der Waals surface area contributed by atoms with Crippen LogP contribution >= 0.6 is 24.0 Å². The van der Waals surface area contributed by atoms with Gasteiger partial charge in [0.1, 0.15) is 4.32 Å². The molecule has 0 radical (unpaired) electrons. The quantitative estimate of drug-likeness (QED) is 0.541. The monoisotopic (exact) mass is 416 g/mol. The maximum atomic E-state index is 12.6. The molecule has 146 valence electrons. The predicted octanol–water partition coefficient (Wildman–Crippen LogP) is 3.63. The van der Waals surface area contributed by atoms with Crippen molar-refractivity contribution in [2.75, 3.05) is 39.4 Å². The molecular formula is C18H19F3N2O2S2. The number of rotatable bonds is 5. The van der Waals surface area contributed by atoms with Crippen LogP contribution in [0.2, 0.25) is 0 Å². The summed E-state index contributed by atoms with van der Waals surface area (Å²) in [4.78, 5) is 16.9. The van der Waals surface area contributed by atoms with E-state index >= 15 is 0 Å². The van der Waals surface area contributed by atoms with E-state index in [1.807, 2.05) is 0 Å². The van der Waals surface area contributed by atoms with Gasteiger partial charge in [-0.25, -0.2) is 0 Å². The minimum atomic E-state index is -4.37. The fourth-order valence-corrected chi connectivity index (χ4v) is 4.20. The molecule has 0 spiro atoms. The Hall–Kier alpha value is -1.42. The van der Waals surface area contributed by atoms with Crippen molar-refractivity contribution in [2.24, 2.45) is 0 Å². The number of ether oxygens (including phenoxy) is 1. The highest BCUT2D eigenvalue weighted by Gasteiger charge is 2.32. The molecule has 2 aliphatic heterocycles. The number of hydrogen-bond acceptors (Lipinski definition) is 5. The lowest BCUT2D eigenvalue weighted by Crippen LogP contribution is -2.38. The van der Waals surface area contributed by atoms with E-state index in [2.05, 4.69) is 4.90 Å². The summed E-state index contributed by atoms with van der Waals surface area (Å²) in [6.07, 6.45) is -1.98. The van der Waals surface area contributed by atoms with Crippen LogP contribution in [0.25, 0.3) is 6.08 Å². The molecule has 27 heavy (non-hydrogen) atoms. The van der Waals surface area contributed by atoms with Gasteiger partial charge >= 0.3 is 6.18 Å². The Bertz CT molecular complexity index is 729. The van der Waals surface area contributed by atoms with Gasteiger partial charge in [0.15, 0.2) is 0 Å². The molecule has 1 amide bonds. The van der Waals surface area contributed by atoms with Gasteiger partial charge in [-0.3, -0.25) is 14.6 Å². The van der Waals surface area contributed by atoms with E-state index < -0.39 is 11.7 Å². The summed E-state index contributed by atoms with van der Waals surface area (Å²) in [6.45, 7) is 4.66. The second kappa shape index (κ2) is 8.72. The number of benzene rings is 1. The van der Waals surface area contributed by atoms with E-state index in [1.54, 1.807) is 11.0 Å². The first-order chi connectivity index (χ1) is 12.8. The Labute approximate surface area is 165 Å². The molecule has 1 aromatic rings. The summed E-state index contributed by atoms with van der Waals surface area (Å²) in [5, 5.41) is 0. The van der Waals surface area contributed by atoms with Crippen LogP contribution in [-0.4, -0.2) is 59.4 Å². The molecule has 2 saturated heterocycles. The number of hydrogen-bond donors (Lipinski definition) is 0. The van der Waals surface area contributed by atoms with Crippen LogP contribution in [0.5, 0.6) is 0 Å². The standard InChI is InChI=1S/C18H19F3N2O2S2/c19-18(20,21)14-4-2-13(3-5-14)12-15-16(24)23(17(26)27-15)7-1-6-22-8-10-25-11-9-22/h2-5,12H,1,6-11H2/b15-12+. The SMILES string of the molecule is O=C1/C(=C\c2ccc(C(F)(F)F)cc2)SC(=S)N1CCCN1CCOCC1. The third-order valence-electron chi connectivity index (χ3n) is 4.37. The summed E-state index contributed by atoms with van der Waals surface area (Å²) >= 11 is 6.48. The summed E-state index contributed by atoms with van der Waals surface area (Å²) in [7, 11) is 0. The van der Waals surface area contributed by atoms with E-state index in [9.17, 15) is 18.0 Å². The second-order valence-corrected chi connectivity index (χ2v) is 7.94. The molecule has 3 rings (SSSR count). The second-order valence-electron chi connectivity index (χ2n) is 6.26. The van der Waals surface area contributed by atoms with Gasteiger partial charge < -0.3 is 4.74 Å².